The van der Waals surface area contributed by atoms with Crippen LogP contribution in [0.3, 0.4) is 0 Å². The first-order valence-electron chi connectivity index (χ1n) is 6.63. The first kappa shape index (κ1) is 14.5. The number of benzene rings is 1. The molecule has 1 aromatic carbocycles. The van der Waals surface area contributed by atoms with Gasteiger partial charge >= 0.3 is 0 Å². The van der Waals surface area contributed by atoms with Gasteiger partial charge in [-0.1, -0.05) is 22.4 Å². The van der Waals surface area contributed by atoms with E-state index in [0.717, 1.165) is 19.4 Å². The molecule has 2 N–H and O–H groups in total. The maximum absolute atomic E-state index is 13.5. The largest absolute Gasteiger partial charge is 0.324 e. The van der Waals surface area contributed by atoms with Gasteiger partial charge in [-0.3, -0.25) is 4.79 Å². The Balaban J connectivity index is 1.80. The Morgan fingerprint density at radius 1 is 1.47 bits per heavy atom. The van der Waals surface area contributed by atoms with E-state index in [1.54, 1.807) is 12.1 Å². The molecule has 2 rings (SSSR count). The van der Waals surface area contributed by atoms with Gasteiger partial charge in [0.15, 0.2) is 0 Å². The number of carbonyl (C=O) groups is 1. The van der Waals surface area contributed by atoms with Crippen molar-refractivity contribution in [2.75, 3.05) is 11.9 Å². The number of anilines is 1. The lowest BCUT2D eigenvalue weighted by molar-refractivity contribution is -0.116. The lowest BCUT2D eigenvalue weighted by Crippen LogP contribution is -2.34. The molecule has 0 aromatic heterocycles. The van der Waals surface area contributed by atoms with E-state index in [2.05, 4.69) is 26.6 Å². The van der Waals surface area contributed by atoms with Crippen LogP contribution in [-0.4, -0.2) is 18.5 Å². The summed E-state index contributed by atoms with van der Waals surface area (Å²) in [7, 11) is 0. The van der Waals surface area contributed by atoms with Crippen molar-refractivity contribution in [3.63, 3.8) is 0 Å². The lowest BCUT2D eigenvalue weighted by Gasteiger charge is -2.23. The fourth-order valence-corrected chi connectivity index (χ4v) is 2.61. The maximum Gasteiger partial charge on any atom is 0.224 e. The summed E-state index contributed by atoms with van der Waals surface area (Å²) < 4.78 is 14.2. The Kier molecular flexibility index (Phi) is 5.34. The van der Waals surface area contributed by atoms with Crippen molar-refractivity contribution in [3.8, 4) is 0 Å². The van der Waals surface area contributed by atoms with Crippen molar-refractivity contribution in [2.45, 2.75) is 38.1 Å². The van der Waals surface area contributed by atoms with Crippen LogP contribution in [0, 0.1) is 5.82 Å². The molecular weight excluding hydrogens is 311 g/mol. The van der Waals surface area contributed by atoms with Crippen LogP contribution in [0.2, 0.25) is 0 Å². The van der Waals surface area contributed by atoms with E-state index in [-0.39, 0.29) is 11.6 Å². The van der Waals surface area contributed by atoms with Gasteiger partial charge in [0.05, 0.1) is 5.69 Å². The van der Waals surface area contributed by atoms with Crippen LogP contribution < -0.4 is 10.6 Å². The Morgan fingerprint density at radius 3 is 3.00 bits per heavy atom. The molecule has 1 saturated heterocycles. The number of piperidine rings is 1. The second-order valence-electron chi connectivity index (χ2n) is 4.86. The summed E-state index contributed by atoms with van der Waals surface area (Å²) in [6.07, 6.45) is 4.80. The summed E-state index contributed by atoms with van der Waals surface area (Å²) in [5.74, 6) is -0.549. The van der Waals surface area contributed by atoms with Crippen molar-refractivity contribution in [2.24, 2.45) is 0 Å². The molecule has 1 heterocycles. The van der Waals surface area contributed by atoms with Crippen molar-refractivity contribution in [1.29, 1.82) is 0 Å². The van der Waals surface area contributed by atoms with Gasteiger partial charge in [0.2, 0.25) is 5.91 Å². The zero-order valence-electron chi connectivity index (χ0n) is 10.7. The molecule has 5 heteroatoms. The van der Waals surface area contributed by atoms with Gasteiger partial charge in [-0.05, 0) is 44.0 Å². The summed E-state index contributed by atoms with van der Waals surface area (Å²) in [4.78, 5) is 11.8. The molecule has 1 amide bonds. The summed E-state index contributed by atoms with van der Waals surface area (Å²) >= 11 is 3.18. The number of hydrogen-bond acceptors (Lipinski definition) is 2. The highest BCUT2D eigenvalue weighted by atomic mass is 79.9. The van der Waals surface area contributed by atoms with Crippen molar-refractivity contribution in [1.82, 2.24) is 5.32 Å². The van der Waals surface area contributed by atoms with Gasteiger partial charge in [0.1, 0.15) is 5.82 Å². The maximum atomic E-state index is 13.5. The molecule has 19 heavy (non-hydrogen) atoms. The minimum atomic E-state index is -0.418. The van der Waals surface area contributed by atoms with E-state index in [1.807, 2.05) is 0 Å². The van der Waals surface area contributed by atoms with Crippen LogP contribution >= 0.6 is 15.9 Å². The SMILES string of the molecule is O=C(CCC1CCCCN1)Nc1ccc(Br)cc1F. The first-order valence-corrected chi connectivity index (χ1v) is 7.43. The average molecular weight is 329 g/mol. The highest BCUT2D eigenvalue weighted by Crippen LogP contribution is 2.20. The molecule has 1 fully saturated rings. The first-order chi connectivity index (χ1) is 9.15. The number of halogens is 2. The molecule has 0 aliphatic carbocycles. The quantitative estimate of drug-likeness (QED) is 0.888. The van der Waals surface area contributed by atoms with Gasteiger partial charge in [-0.15, -0.1) is 0 Å². The Hall–Kier alpha value is -0.940. The fraction of sp³-hybridized carbons (Fsp3) is 0.500. The molecular formula is C14H18BrFN2O. The summed E-state index contributed by atoms with van der Waals surface area (Å²) in [6.45, 7) is 1.04. The summed E-state index contributed by atoms with van der Waals surface area (Å²) in [5, 5.41) is 6.01. The lowest BCUT2D eigenvalue weighted by atomic mass is 10.0. The standard InChI is InChI=1S/C14H18BrFN2O/c15-10-4-6-13(12(16)9-10)18-14(19)7-5-11-3-1-2-8-17-11/h4,6,9,11,17H,1-3,5,7-8H2,(H,18,19). The highest BCUT2D eigenvalue weighted by molar-refractivity contribution is 9.10. The van der Waals surface area contributed by atoms with Crippen LogP contribution in [0.1, 0.15) is 32.1 Å². The summed E-state index contributed by atoms with van der Waals surface area (Å²) in [5.41, 5.74) is 0.241. The Labute approximate surface area is 121 Å². The number of amides is 1. The molecule has 0 spiro atoms. The fourth-order valence-electron chi connectivity index (χ4n) is 2.28. The Morgan fingerprint density at radius 2 is 2.32 bits per heavy atom. The van der Waals surface area contributed by atoms with E-state index in [1.165, 1.54) is 18.9 Å². The number of rotatable bonds is 4. The van der Waals surface area contributed by atoms with E-state index in [4.69, 9.17) is 0 Å². The minimum absolute atomic E-state index is 0.131. The van der Waals surface area contributed by atoms with Crippen LogP contribution in [0.25, 0.3) is 0 Å². The number of carbonyl (C=O) groups excluding carboxylic acids is 1. The smallest absolute Gasteiger partial charge is 0.224 e. The van der Waals surface area contributed by atoms with Crippen molar-refractivity contribution >= 4 is 27.5 Å². The molecule has 0 radical (unpaired) electrons. The third-order valence-corrected chi connectivity index (χ3v) is 3.83. The molecule has 1 aliphatic rings. The van der Waals surface area contributed by atoms with Crippen LogP contribution in [0.5, 0.6) is 0 Å². The predicted octanol–water partition coefficient (Wildman–Crippen LogP) is 3.45. The zero-order valence-corrected chi connectivity index (χ0v) is 12.3. The molecule has 1 atom stereocenters. The number of nitrogens with one attached hydrogen (secondary N) is 2. The molecule has 1 unspecified atom stereocenters. The number of hydrogen-bond donors (Lipinski definition) is 2. The molecule has 1 aliphatic heterocycles. The van der Waals surface area contributed by atoms with Gasteiger partial charge in [-0.25, -0.2) is 4.39 Å². The Bertz CT molecular complexity index is 447. The minimum Gasteiger partial charge on any atom is -0.324 e. The van der Waals surface area contributed by atoms with Gasteiger partial charge in [0, 0.05) is 16.9 Å². The second-order valence-corrected chi connectivity index (χ2v) is 5.77. The third kappa shape index (κ3) is 4.58. The average Bonchev–Trinajstić information content (AvgIpc) is 2.41. The molecule has 3 nitrogen and oxygen atoms in total. The van der Waals surface area contributed by atoms with Crippen molar-refractivity contribution in [3.05, 3.63) is 28.5 Å². The van der Waals surface area contributed by atoms with E-state index < -0.39 is 5.82 Å². The normalized spacial score (nSPS) is 19.2. The van der Waals surface area contributed by atoms with Crippen LogP contribution in [-0.2, 0) is 4.79 Å². The topological polar surface area (TPSA) is 41.1 Å². The molecule has 104 valence electrons. The zero-order chi connectivity index (χ0) is 13.7. The van der Waals surface area contributed by atoms with E-state index in [9.17, 15) is 9.18 Å². The van der Waals surface area contributed by atoms with E-state index in [0.29, 0.717) is 16.9 Å². The predicted molar refractivity (Wildman–Crippen MR) is 77.6 cm³/mol. The van der Waals surface area contributed by atoms with Gasteiger partial charge in [0.25, 0.3) is 0 Å². The van der Waals surface area contributed by atoms with Gasteiger partial charge < -0.3 is 10.6 Å². The van der Waals surface area contributed by atoms with Crippen LogP contribution in [0.4, 0.5) is 10.1 Å². The van der Waals surface area contributed by atoms with Crippen LogP contribution in [0.15, 0.2) is 22.7 Å². The highest BCUT2D eigenvalue weighted by Gasteiger charge is 2.14. The molecule has 0 saturated carbocycles. The second kappa shape index (κ2) is 7.01. The van der Waals surface area contributed by atoms with Crippen molar-refractivity contribution < 1.29 is 9.18 Å². The summed E-state index contributed by atoms with van der Waals surface area (Å²) in [6, 6.07) is 5.05. The molecule has 1 aromatic rings. The molecule has 0 bridgehead atoms. The third-order valence-electron chi connectivity index (χ3n) is 3.34. The van der Waals surface area contributed by atoms with Gasteiger partial charge in [-0.2, -0.15) is 0 Å². The monoisotopic (exact) mass is 328 g/mol. The van der Waals surface area contributed by atoms with E-state index >= 15 is 0 Å².